The molecule has 2 aromatic carbocycles. The van der Waals surface area contributed by atoms with Crippen molar-refractivity contribution < 1.29 is 28.7 Å². The summed E-state index contributed by atoms with van der Waals surface area (Å²) in [7, 11) is 1.28. The zero-order chi connectivity index (χ0) is 29.5. The molecule has 3 amide bonds. The number of amides is 3. The molecule has 0 aliphatic rings. The molecule has 9 nitrogen and oxygen atoms in total. The van der Waals surface area contributed by atoms with E-state index in [1.807, 2.05) is 67.6 Å². The maximum Gasteiger partial charge on any atom is 0.408 e. The Labute approximate surface area is 237 Å². The third-order valence-electron chi connectivity index (χ3n) is 6.10. The van der Waals surface area contributed by atoms with Gasteiger partial charge >= 0.3 is 12.1 Å². The van der Waals surface area contributed by atoms with Gasteiger partial charge in [0.05, 0.1) is 7.11 Å². The average molecular weight is 554 g/mol. The van der Waals surface area contributed by atoms with Crippen molar-refractivity contribution in [1.29, 1.82) is 0 Å². The smallest absolute Gasteiger partial charge is 0.408 e. The Morgan fingerprint density at radius 1 is 0.725 bits per heavy atom. The van der Waals surface area contributed by atoms with Gasteiger partial charge in [0.1, 0.15) is 23.7 Å². The normalized spacial score (nSPS) is 13.3. The van der Waals surface area contributed by atoms with E-state index in [1.54, 1.807) is 20.8 Å². The van der Waals surface area contributed by atoms with E-state index < -0.39 is 47.6 Å². The van der Waals surface area contributed by atoms with Gasteiger partial charge < -0.3 is 25.4 Å². The first-order valence-corrected chi connectivity index (χ1v) is 13.8. The van der Waals surface area contributed by atoms with Gasteiger partial charge in [0.2, 0.25) is 11.8 Å². The Hall–Kier alpha value is -3.88. The van der Waals surface area contributed by atoms with Crippen LogP contribution >= 0.6 is 0 Å². The molecule has 0 aromatic heterocycles. The fourth-order valence-corrected chi connectivity index (χ4v) is 4.10. The fourth-order valence-electron chi connectivity index (χ4n) is 4.10. The number of methoxy groups -OCH3 is 1. The first-order chi connectivity index (χ1) is 19.0. The molecule has 0 aliphatic carbocycles. The van der Waals surface area contributed by atoms with Crippen LogP contribution in [0.5, 0.6) is 0 Å². The van der Waals surface area contributed by atoms with Crippen molar-refractivity contribution in [2.45, 2.75) is 89.9 Å². The van der Waals surface area contributed by atoms with E-state index in [0.29, 0.717) is 6.42 Å². The number of benzene rings is 2. The number of carbonyl (C=O) groups excluding carboxylic acids is 4. The Balaban J connectivity index is 2.28. The molecule has 0 saturated carbocycles. The highest BCUT2D eigenvalue weighted by Gasteiger charge is 2.31. The molecule has 0 saturated heterocycles. The largest absolute Gasteiger partial charge is 0.467 e. The van der Waals surface area contributed by atoms with Gasteiger partial charge in [-0.25, -0.2) is 9.59 Å². The van der Waals surface area contributed by atoms with Crippen LogP contribution in [0, 0.1) is 0 Å². The lowest BCUT2D eigenvalue weighted by Gasteiger charge is -2.26. The monoisotopic (exact) mass is 553 g/mol. The molecule has 2 rings (SSSR count). The number of hydrogen-bond donors (Lipinski definition) is 3. The average Bonchev–Trinajstić information content (AvgIpc) is 2.91. The van der Waals surface area contributed by atoms with Crippen molar-refractivity contribution >= 4 is 23.9 Å². The van der Waals surface area contributed by atoms with Gasteiger partial charge in [-0.1, -0.05) is 86.8 Å². The van der Waals surface area contributed by atoms with Crippen molar-refractivity contribution in [3.05, 3.63) is 71.8 Å². The van der Waals surface area contributed by atoms with Gasteiger partial charge in [0, 0.05) is 12.8 Å². The maximum atomic E-state index is 13.6. The molecule has 218 valence electrons. The summed E-state index contributed by atoms with van der Waals surface area (Å²) in [6.45, 7) is 7.25. The van der Waals surface area contributed by atoms with Crippen LogP contribution in [-0.2, 0) is 36.7 Å². The van der Waals surface area contributed by atoms with E-state index in [-0.39, 0.29) is 12.8 Å². The SMILES string of the molecule is CCCCC[C@@H](NC(=O)[C@@H](Cc1ccccc1)NC(=O)[C@@H](Cc1ccccc1)NC(=O)OC(C)(C)C)C(=O)OC. The minimum absolute atomic E-state index is 0.186. The summed E-state index contributed by atoms with van der Waals surface area (Å²) in [6, 6.07) is 15.6. The van der Waals surface area contributed by atoms with Crippen molar-refractivity contribution in [2.75, 3.05) is 7.11 Å². The Morgan fingerprint density at radius 2 is 1.20 bits per heavy atom. The minimum Gasteiger partial charge on any atom is -0.467 e. The van der Waals surface area contributed by atoms with Crippen LogP contribution in [0.3, 0.4) is 0 Å². The zero-order valence-electron chi connectivity index (χ0n) is 24.2. The summed E-state index contributed by atoms with van der Waals surface area (Å²) in [5.41, 5.74) is 0.890. The second-order valence-electron chi connectivity index (χ2n) is 10.7. The Bertz CT molecular complexity index is 1090. The van der Waals surface area contributed by atoms with Crippen molar-refractivity contribution in [2.24, 2.45) is 0 Å². The van der Waals surface area contributed by atoms with Crippen molar-refractivity contribution in [3.63, 3.8) is 0 Å². The number of esters is 1. The summed E-state index contributed by atoms with van der Waals surface area (Å²) < 4.78 is 10.3. The van der Waals surface area contributed by atoms with Gasteiger partial charge in [-0.3, -0.25) is 9.59 Å². The van der Waals surface area contributed by atoms with Gasteiger partial charge in [-0.15, -0.1) is 0 Å². The predicted octanol–water partition coefficient (Wildman–Crippen LogP) is 4.09. The number of carbonyl (C=O) groups is 4. The second-order valence-corrected chi connectivity index (χ2v) is 10.7. The van der Waals surface area contributed by atoms with Crippen LogP contribution in [0.4, 0.5) is 4.79 Å². The first-order valence-electron chi connectivity index (χ1n) is 13.8. The lowest BCUT2D eigenvalue weighted by molar-refractivity contribution is -0.145. The summed E-state index contributed by atoms with van der Waals surface area (Å²) >= 11 is 0. The van der Waals surface area contributed by atoms with Crippen LogP contribution in [0.15, 0.2) is 60.7 Å². The molecule has 0 unspecified atom stereocenters. The number of hydrogen-bond acceptors (Lipinski definition) is 6. The number of nitrogens with one attached hydrogen (secondary N) is 3. The molecule has 3 N–H and O–H groups in total. The molecule has 0 fully saturated rings. The number of ether oxygens (including phenoxy) is 2. The Morgan fingerprint density at radius 3 is 1.65 bits per heavy atom. The molecular weight excluding hydrogens is 510 g/mol. The minimum atomic E-state index is -1.01. The molecule has 0 radical (unpaired) electrons. The van der Waals surface area contributed by atoms with E-state index >= 15 is 0 Å². The number of unbranched alkanes of at least 4 members (excludes halogenated alkanes) is 2. The lowest BCUT2D eigenvalue weighted by atomic mass is 10.0. The quantitative estimate of drug-likeness (QED) is 0.239. The van der Waals surface area contributed by atoms with Crippen LogP contribution in [0.1, 0.15) is 64.5 Å². The summed E-state index contributed by atoms with van der Waals surface area (Å²) in [5.74, 6) is -1.60. The molecule has 0 aliphatic heterocycles. The summed E-state index contributed by atoms with van der Waals surface area (Å²) in [4.78, 5) is 52.1. The topological polar surface area (TPSA) is 123 Å². The van der Waals surface area contributed by atoms with Crippen molar-refractivity contribution in [3.8, 4) is 0 Å². The molecular formula is C31H43N3O6. The Kier molecular flexibility index (Phi) is 13.2. The van der Waals surface area contributed by atoms with E-state index in [1.165, 1.54) is 7.11 Å². The molecule has 2 aromatic rings. The van der Waals surface area contributed by atoms with Gasteiger partial charge in [-0.05, 0) is 38.3 Å². The van der Waals surface area contributed by atoms with Crippen LogP contribution in [-0.4, -0.2) is 54.7 Å². The number of rotatable bonds is 14. The van der Waals surface area contributed by atoms with E-state index in [4.69, 9.17) is 9.47 Å². The third kappa shape index (κ3) is 11.9. The predicted molar refractivity (Wildman–Crippen MR) is 153 cm³/mol. The number of alkyl carbamates (subject to hydrolysis) is 1. The van der Waals surface area contributed by atoms with Crippen LogP contribution < -0.4 is 16.0 Å². The molecule has 9 heteroatoms. The van der Waals surface area contributed by atoms with Gasteiger partial charge in [-0.2, -0.15) is 0 Å². The molecule has 40 heavy (non-hydrogen) atoms. The highest BCUT2D eigenvalue weighted by Crippen LogP contribution is 2.11. The van der Waals surface area contributed by atoms with Crippen LogP contribution in [0.2, 0.25) is 0 Å². The molecule has 0 spiro atoms. The molecule has 3 atom stereocenters. The van der Waals surface area contributed by atoms with Crippen LogP contribution in [0.25, 0.3) is 0 Å². The zero-order valence-corrected chi connectivity index (χ0v) is 24.2. The van der Waals surface area contributed by atoms with Gasteiger partial charge in [0.15, 0.2) is 0 Å². The lowest BCUT2D eigenvalue weighted by Crippen LogP contribution is -2.57. The third-order valence-corrected chi connectivity index (χ3v) is 6.10. The fraction of sp³-hybridized carbons (Fsp3) is 0.484. The summed E-state index contributed by atoms with van der Waals surface area (Å²) in [5, 5.41) is 8.24. The van der Waals surface area contributed by atoms with E-state index in [2.05, 4.69) is 16.0 Å². The second kappa shape index (κ2) is 16.3. The van der Waals surface area contributed by atoms with Gasteiger partial charge in [0.25, 0.3) is 0 Å². The maximum absolute atomic E-state index is 13.6. The first kappa shape index (κ1) is 32.3. The highest BCUT2D eigenvalue weighted by molar-refractivity contribution is 5.93. The van der Waals surface area contributed by atoms with E-state index in [9.17, 15) is 19.2 Å². The molecule has 0 heterocycles. The standard InChI is InChI=1S/C31H43N3O6/c1-6-7-10-19-24(29(37)39-5)32-27(35)25(20-22-15-11-8-12-16-22)33-28(36)26(21-23-17-13-9-14-18-23)34-30(38)40-31(2,3)4/h8-9,11-18,24-26H,6-7,10,19-21H2,1-5H3,(H,32,35)(H,33,36)(H,34,38)/t24-,25-,26-/m1/s1. The molecule has 0 bridgehead atoms. The van der Waals surface area contributed by atoms with Crippen molar-refractivity contribution in [1.82, 2.24) is 16.0 Å². The van der Waals surface area contributed by atoms with E-state index in [0.717, 1.165) is 30.4 Å². The highest BCUT2D eigenvalue weighted by atomic mass is 16.6. The summed E-state index contributed by atoms with van der Waals surface area (Å²) in [6.07, 6.45) is 2.67.